The highest BCUT2D eigenvalue weighted by Crippen LogP contribution is 2.23. The molecule has 0 bridgehead atoms. The Morgan fingerprint density at radius 2 is 2.28 bits per heavy atom. The monoisotopic (exact) mass is 248 g/mol. The summed E-state index contributed by atoms with van der Waals surface area (Å²) in [6, 6.07) is 4.02. The quantitative estimate of drug-likeness (QED) is 0.892. The number of aromatic nitrogens is 1. The molecule has 2 atom stereocenters. The first kappa shape index (κ1) is 13.0. The van der Waals surface area contributed by atoms with Crippen molar-refractivity contribution in [1.82, 2.24) is 9.88 Å². The molecule has 1 saturated heterocycles. The summed E-state index contributed by atoms with van der Waals surface area (Å²) in [5.41, 5.74) is 1.19. The van der Waals surface area contributed by atoms with Gasteiger partial charge in [-0.25, -0.2) is 4.79 Å². The van der Waals surface area contributed by atoms with E-state index in [-0.39, 0.29) is 5.56 Å². The van der Waals surface area contributed by atoms with Gasteiger partial charge in [0, 0.05) is 18.8 Å². The van der Waals surface area contributed by atoms with Gasteiger partial charge in [0.25, 0.3) is 0 Å². The van der Waals surface area contributed by atoms with Crippen LogP contribution in [-0.2, 0) is 6.54 Å². The summed E-state index contributed by atoms with van der Waals surface area (Å²) in [4.78, 5) is 17.4. The lowest BCUT2D eigenvalue weighted by molar-refractivity contribution is 0.0696. The van der Waals surface area contributed by atoms with Crippen LogP contribution >= 0.6 is 0 Å². The number of aromatic carboxylic acids is 1. The summed E-state index contributed by atoms with van der Waals surface area (Å²) >= 11 is 0. The van der Waals surface area contributed by atoms with Crippen molar-refractivity contribution in [2.75, 3.05) is 6.54 Å². The minimum Gasteiger partial charge on any atom is -0.478 e. The molecule has 18 heavy (non-hydrogen) atoms. The number of nitrogens with zero attached hydrogens (tertiary/aromatic N) is 2. The van der Waals surface area contributed by atoms with Gasteiger partial charge in [-0.15, -0.1) is 0 Å². The molecule has 4 nitrogen and oxygen atoms in total. The van der Waals surface area contributed by atoms with Crippen LogP contribution in [0.1, 0.15) is 42.7 Å². The lowest BCUT2D eigenvalue weighted by atomic mass is 9.93. The molecule has 1 aromatic heterocycles. The van der Waals surface area contributed by atoms with Crippen molar-refractivity contribution in [1.29, 1.82) is 0 Å². The van der Waals surface area contributed by atoms with Crippen molar-refractivity contribution in [3.05, 3.63) is 29.6 Å². The fraction of sp³-hybridized carbons (Fsp3) is 0.571. The average molecular weight is 248 g/mol. The Labute approximate surface area is 108 Å². The van der Waals surface area contributed by atoms with Gasteiger partial charge in [-0.3, -0.25) is 9.88 Å². The summed E-state index contributed by atoms with van der Waals surface area (Å²) in [6.07, 6.45) is 3.90. The van der Waals surface area contributed by atoms with Crippen molar-refractivity contribution in [3.8, 4) is 0 Å². The second-order valence-corrected chi connectivity index (χ2v) is 5.29. The van der Waals surface area contributed by atoms with Crippen molar-refractivity contribution >= 4 is 5.97 Å². The summed E-state index contributed by atoms with van der Waals surface area (Å²) < 4.78 is 0. The van der Waals surface area contributed by atoms with Gasteiger partial charge < -0.3 is 5.11 Å². The van der Waals surface area contributed by atoms with E-state index >= 15 is 0 Å². The second kappa shape index (κ2) is 5.48. The van der Waals surface area contributed by atoms with Gasteiger partial charge >= 0.3 is 5.97 Å². The van der Waals surface area contributed by atoms with E-state index in [1.807, 2.05) is 6.07 Å². The first-order valence-electron chi connectivity index (χ1n) is 6.48. The predicted molar refractivity (Wildman–Crippen MR) is 69.5 cm³/mol. The van der Waals surface area contributed by atoms with Gasteiger partial charge in [0.15, 0.2) is 0 Å². The molecular formula is C14H20N2O2. The largest absolute Gasteiger partial charge is 0.478 e. The van der Waals surface area contributed by atoms with Crippen LogP contribution in [0.5, 0.6) is 0 Å². The summed E-state index contributed by atoms with van der Waals surface area (Å²) in [5.74, 6) is -0.118. The first-order valence-corrected chi connectivity index (χ1v) is 6.48. The lowest BCUT2D eigenvalue weighted by Crippen LogP contribution is -2.39. The van der Waals surface area contributed by atoms with Crippen LogP contribution in [0.2, 0.25) is 0 Å². The van der Waals surface area contributed by atoms with E-state index in [2.05, 4.69) is 23.7 Å². The SMILES string of the molecule is CC1CCN(Cc2ccc(C(=O)O)cn2)C(C)C1. The molecule has 0 spiro atoms. The van der Waals surface area contributed by atoms with Crippen molar-refractivity contribution < 1.29 is 9.90 Å². The molecule has 0 amide bonds. The van der Waals surface area contributed by atoms with Gasteiger partial charge in [0.1, 0.15) is 0 Å². The molecule has 2 heterocycles. The average Bonchev–Trinajstić information content (AvgIpc) is 2.33. The fourth-order valence-corrected chi connectivity index (χ4v) is 2.54. The highest BCUT2D eigenvalue weighted by molar-refractivity contribution is 5.87. The molecular weight excluding hydrogens is 228 g/mol. The summed E-state index contributed by atoms with van der Waals surface area (Å²) in [6.45, 7) is 6.47. The van der Waals surface area contributed by atoms with Crippen LogP contribution < -0.4 is 0 Å². The molecule has 1 N–H and O–H groups in total. The smallest absolute Gasteiger partial charge is 0.337 e. The summed E-state index contributed by atoms with van der Waals surface area (Å²) in [7, 11) is 0. The molecule has 0 aromatic carbocycles. The maximum atomic E-state index is 10.7. The molecule has 0 aliphatic carbocycles. The third kappa shape index (κ3) is 3.07. The van der Waals surface area contributed by atoms with E-state index in [4.69, 9.17) is 5.11 Å². The molecule has 0 saturated carbocycles. The normalized spacial score (nSPS) is 25.0. The van der Waals surface area contributed by atoms with Crippen LogP contribution in [0.3, 0.4) is 0 Å². The predicted octanol–water partition coefficient (Wildman–Crippen LogP) is 2.40. The maximum Gasteiger partial charge on any atom is 0.337 e. The van der Waals surface area contributed by atoms with Crippen LogP contribution in [0, 0.1) is 5.92 Å². The van der Waals surface area contributed by atoms with Crippen LogP contribution in [-0.4, -0.2) is 33.5 Å². The summed E-state index contributed by atoms with van der Waals surface area (Å²) in [5, 5.41) is 8.82. The zero-order chi connectivity index (χ0) is 13.1. The molecule has 2 rings (SSSR count). The number of rotatable bonds is 3. The van der Waals surface area contributed by atoms with E-state index in [1.54, 1.807) is 6.07 Å². The third-order valence-electron chi connectivity index (χ3n) is 3.71. The molecule has 2 unspecified atom stereocenters. The van der Waals surface area contributed by atoms with Crippen molar-refractivity contribution in [3.63, 3.8) is 0 Å². The molecule has 98 valence electrons. The van der Waals surface area contributed by atoms with Gasteiger partial charge in [-0.2, -0.15) is 0 Å². The number of hydrogen-bond acceptors (Lipinski definition) is 3. The molecule has 1 aliphatic rings. The first-order chi connectivity index (χ1) is 8.56. The zero-order valence-corrected chi connectivity index (χ0v) is 11.0. The van der Waals surface area contributed by atoms with Crippen LogP contribution in [0.4, 0.5) is 0 Å². The van der Waals surface area contributed by atoms with Crippen molar-refractivity contribution in [2.24, 2.45) is 5.92 Å². The van der Waals surface area contributed by atoms with Gasteiger partial charge in [-0.05, 0) is 44.4 Å². The van der Waals surface area contributed by atoms with E-state index in [0.717, 1.165) is 24.7 Å². The Morgan fingerprint density at radius 3 is 2.83 bits per heavy atom. The molecule has 1 aliphatic heterocycles. The van der Waals surface area contributed by atoms with Crippen molar-refractivity contribution in [2.45, 2.75) is 39.3 Å². The molecule has 4 heteroatoms. The standard InChI is InChI=1S/C14H20N2O2/c1-10-5-6-16(11(2)7-10)9-13-4-3-12(8-15-13)14(17)18/h3-4,8,10-11H,5-7,9H2,1-2H3,(H,17,18). The van der Waals surface area contributed by atoms with Gasteiger partial charge in [0.2, 0.25) is 0 Å². The number of piperidine rings is 1. The Balaban J connectivity index is 1.99. The Hall–Kier alpha value is -1.42. The highest BCUT2D eigenvalue weighted by Gasteiger charge is 2.22. The molecule has 1 fully saturated rings. The lowest BCUT2D eigenvalue weighted by Gasteiger charge is -2.36. The third-order valence-corrected chi connectivity index (χ3v) is 3.71. The topological polar surface area (TPSA) is 53.4 Å². The van der Waals surface area contributed by atoms with Crippen LogP contribution in [0.15, 0.2) is 18.3 Å². The highest BCUT2D eigenvalue weighted by atomic mass is 16.4. The van der Waals surface area contributed by atoms with Crippen LogP contribution in [0.25, 0.3) is 0 Å². The second-order valence-electron chi connectivity index (χ2n) is 5.29. The Morgan fingerprint density at radius 1 is 1.50 bits per heavy atom. The number of carbonyl (C=O) groups is 1. The fourth-order valence-electron chi connectivity index (χ4n) is 2.54. The van der Waals surface area contributed by atoms with Gasteiger partial charge in [0.05, 0.1) is 11.3 Å². The van der Waals surface area contributed by atoms with Gasteiger partial charge in [-0.1, -0.05) is 6.92 Å². The van der Waals surface area contributed by atoms with E-state index < -0.39 is 5.97 Å². The van der Waals surface area contributed by atoms with E-state index in [1.165, 1.54) is 19.0 Å². The number of carboxylic acid groups (broad SMARTS) is 1. The Bertz CT molecular complexity index is 416. The number of pyridine rings is 1. The maximum absolute atomic E-state index is 10.7. The van der Waals surface area contributed by atoms with E-state index in [9.17, 15) is 4.79 Å². The number of hydrogen-bond donors (Lipinski definition) is 1. The minimum atomic E-state index is -0.922. The number of carboxylic acids is 1. The zero-order valence-electron chi connectivity index (χ0n) is 11.0. The molecule has 0 radical (unpaired) electrons. The van der Waals surface area contributed by atoms with E-state index in [0.29, 0.717) is 6.04 Å². The Kier molecular flexibility index (Phi) is 3.97. The minimum absolute atomic E-state index is 0.249. The molecule has 1 aromatic rings. The number of likely N-dealkylation sites (tertiary alicyclic amines) is 1.